The first-order chi connectivity index (χ1) is 10.7. The Bertz CT molecular complexity index is 341. The van der Waals surface area contributed by atoms with Crippen LogP contribution in [0.3, 0.4) is 0 Å². The SMILES string of the molecule is CCNC(=NCC1(C)CCCC1)NCCCOC1CCOC1.I. The fourth-order valence-electron chi connectivity index (χ4n) is 3.17. The molecule has 2 fully saturated rings. The number of nitrogens with zero attached hydrogens (tertiary/aromatic N) is 1. The molecule has 1 saturated carbocycles. The Balaban J connectivity index is 0.00000264. The maximum atomic E-state index is 5.78. The zero-order valence-corrected chi connectivity index (χ0v) is 17.1. The molecule has 0 aromatic carbocycles. The van der Waals surface area contributed by atoms with Crippen LogP contribution in [0.15, 0.2) is 4.99 Å². The van der Waals surface area contributed by atoms with Gasteiger partial charge in [0.05, 0.1) is 12.7 Å². The van der Waals surface area contributed by atoms with Gasteiger partial charge in [0.15, 0.2) is 5.96 Å². The highest BCUT2D eigenvalue weighted by atomic mass is 127. The van der Waals surface area contributed by atoms with Crippen LogP contribution in [0.1, 0.15) is 52.4 Å². The first-order valence-electron chi connectivity index (χ1n) is 8.93. The zero-order chi connectivity index (χ0) is 15.7. The van der Waals surface area contributed by atoms with Gasteiger partial charge in [-0.25, -0.2) is 0 Å². The summed E-state index contributed by atoms with van der Waals surface area (Å²) in [6, 6.07) is 0. The van der Waals surface area contributed by atoms with E-state index in [0.29, 0.717) is 11.5 Å². The molecule has 0 bridgehead atoms. The monoisotopic (exact) mass is 439 g/mol. The van der Waals surface area contributed by atoms with Crippen LogP contribution in [-0.2, 0) is 9.47 Å². The van der Waals surface area contributed by atoms with Crippen molar-refractivity contribution >= 4 is 29.9 Å². The van der Waals surface area contributed by atoms with E-state index in [4.69, 9.17) is 14.5 Å². The summed E-state index contributed by atoms with van der Waals surface area (Å²) in [5, 5.41) is 6.75. The van der Waals surface area contributed by atoms with Gasteiger partial charge in [0, 0.05) is 32.8 Å². The molecular formula is C17H34IN3O2. The summed E-state index contributed by atoms with van der Waals surface area (Å²) >= 11 is 0. The third-order valence-corrected chi connectivity index (χ3v) is 4.63. The molecule has 1 unspecified atom stereocenters. The van der Waals surface area contributed by atoms with Gasteiger partial charge in [0.1, 0.15) is 0 Å². The van der Waals surface area contributed by atoms with E-state index < -0.39 is 0 Å². The molecular weight excluding hydrogens is 405 g/mol. The lowest BCUT2D eigenvalue weighted by molar-refractivity contribution is 0.0420. The Labute approximate surface area is 158 Å². The van der Waals surface area contributed by atoms with Crippen molar-refractivity contribution in [3.63, 3.8) is 0 Å². The molecule has 0 spiro atoms. The summed E-state index contributed by atoms with van der Waals surface area (Å²) in [5.74, 6) is 0.944. The maximum absolute atomic E-state index is 5.78. The minimum atomic E-state index is 0. The third kappa shape index (κ3) is 8.03. The van der Waals surface area contributed by atoms with E-state index in [1.807, 2.05) is 0 Å². The topological polar surface area (TPSA) is 54.9 Å². The fraction of sp³-hybridized carbons (Fsp3) is 0.941. The maximum Gasteiger partial charge on any atom is 0.191 e. The molecule has 1 aliphatic carbocycles. The normalized spacial score (nSPS) is 23.6. The predicted molar refractivity (Wildman–Crippen MR) is 106 cm³/mol. The minimum absolute atomic E-state index is 0. The van der Waals surface area contributed by atoms with Gasteiger partial charge >= 0.3 is 0 Å². The van der Waals surface area contributed by atoms with E-state index >= 15 is 0 Å². The molecule has 0 aromatic heterocycles. The predicted octanol–water partition coefficient (Wildman–Crippen LogP) is 2.94. The number of nitrogens with one attached hydrogen (secondary N) is 2. The van der Waals surface area contributed by atoms with Gasteiger partial charge in [-0.3, -0.25) is 4.99 Å². The highest BCUT2D eigenvalue weighted by Crippen LogP contribution is 2.37. The van der Waals surface area contributed by atoms with Crippen LogP contribution in [0.25, 0.3) is 0 Å². The summed E-state index contributed by atoms with van der Waals surface area (Å²) in [6.45, 7) is 9.60. The van der Waals surface area contributed by atoms with Crippen LogP contribution in [0.2, 0.25) is 0 Å². The summed E-state index contributed by atoms with van der Waals surface area (Å²) in [6.07, 6.45) is 7.69. The van der Waals surface area contributed by atoms with E-state index in [0.717, 1.165) is 58.3 Å². The fourth-order valence-corrected chi connectivity index (χ4v) is 3.17. The van der Waals surface area contributed by atoms with Gasteiger partial charge in [-0.2, -0.15) is 0 Å². The van der Waals surface area contributed by atoms with Gasteiger partial charge in [0.2, 0.25) is 0 Å². The van der Waals surface area contributed by atoms with Crippen molar-refractivity contribution in [3.05, 3.63) is 0 Å². The van der Waals surface area contributed by atoms with Gasteiger partial charge in [-0.1, -0.05) is 19.8 Å². The van der Waals surface area contributed by atoms with Crippen LogP contribution >= 0.6 is 24.0 Å². The van der Waals surface area contributed by atoms with Crippen LogP contribution in [0.5, 0.6) is 0 Å². The number of guanidine groups is 1. The number of hydrogen-bond acceptors (Lipinski definition) is 3. The lowest BCUT2D eigenvalue weighted by Crippen LogP contribution is -2.39. The van der Waals surface area contributed by atoms with Crippen LogP contribution in [0, 0.1) is 5.41 Å². The molecule has 0 amide bonds. The summed E-state index contributed by atoms with van der Waals surface area (Å²) in [5.41, 5.74) is 0.411. The van der Waals surface area contributed by atoms with E-state index in [-0.39, 0.29) is 24.0 Å². The quantitative estimate of drug-likeness (QED) is 0.264. The zero-order valence-electron chi connectivity index (χ0n) is 14.7. The van der Waals surface area contributed by atoms with E-state index in [1.165, 1.54) is 25.7 Å². The van der Waals surface area contributed by atoms with Crippen molar-refractivity contribution in [2.75, 3.05) is 39.5 Å². The molecule has 1 heterocycles. The number of aliphatic imine (C=N–C) groups is 1. The minimum Gasteiger partial charge on any atom is -0.379 e. The molecule has 5 nitrogen and oxygen atoms in total. The van der Waals surface area contributed by atoms with Crippen molar-refractivity contribution in [1.82, 2.24) is 10.6 Å². The smallest absolute Gasteiger partial charge is 0.191 e. The Morgan fingerprint density at radius 1 is 1.30 bits per heavy atom. The van der Waals surface area contributed by atoms with E-state index in [9.17, 15) is 0 Å². The lowest BCUT2D eigenvalue weighted by Gasteiger charge is -2.21. The van der Waals surface area contributed by atoms with Crippen molar-refractivity contribution in [2.45, 2.75) is 58.5 Å². The van der Waals surface area contributed by atoms with Crippen LogP contribution in [-0.4, -0.2) is 51.5 Å². The van der Waals surface area contributed by atoms with E-state index in [2.05, 4.69) is 24.5 Å². The Morgan fingerprint density at radius 2 is 2.09 bits per heavy atom. The first kappa shape index (κ1) is 21.0. The molecule has 136 valence electrons. The van der Waals surface area contributed by atoms with Crippen molar-refractivity contribution in [2.24, 2.45) is 10.4 Å². The largest absolute Gasteiger partial charge is 0.379 e. The number of ether oxygens (including phenoxy) is 2. The highest BCUT2D eigenvalue weighted by Gasteiger charge is 2.28. The lowest BCUT2D eigenvalue weighted by atomic mass is 9.89. The standard InChI is InChI=1S/C17H33N3O2.HI/c1-3-18-16(20-14-17(2)8-4-5-9-17)19-10-6-11-22-15-7-12-21-13-15;/h15H,3-14H2,1-2H3,(H2,18,19,20);1H. The number of rotatable bonds is 8. The van der Waals surface area contributed by atoms with Gasteiger partial charge in [0.25, 0.3) is 0 Å². The molecule has 1 saturated heterocycles. The second kappa shape index (κ2) is 11.5. The summed E-state index contributed by atoms with van der Waals surface area (Å²) in [7, 11) is 0. The average Bonchev–Trinajstić information content (AvgIpc) is 3.16. The first-order valence-corrected chi connectivity index (χ1v) is 8.93. The molecule has 2 N–H and O–H groups in total. The Hall–Kier alpha value is -0.0800. The summed E-state index contributed by atoms with van der Waals surface area (Å²) in [4.78, 5) is 4.78. The second-order valence-electron chi connectivity index (χ2n) is 6.85. The molecule has 6 heteroatoms. The molecule has 23 heavy (non-hydrogen) atoms. The van der Waals surface area contributed by atoms with Gasteiger partial charge in [-0.15, -0.1) is 24.0 Å². The Morgan fingerprint density at radius 3 is 2.74 bits per heavy atom. The summed E-state index contributed by atoms with van der Waals surface area (Å²) < 4.78 is 11.1. The number of hydrogen-bond donors (Lipinski definition) is 2. The third-order valence-electron chi connectivity index (χ3n) is 4.63. The second-order valence-corrected chi connectivity index (χ2v) is 6.85. The van der Waals surface area contributed by atoms with Crippen molar-refractivity contribution in [1.29, 1.82) is 0 Å². The van der Waals surface area contributed by atoms with Crippen LogP contribution < -0.4 is 10.6 Å². The molecule has 1 atom stereocenters. The van der Waals surface area contributed by atoms with Crippen molar-refractivity contribution in [3.8, 4) is 0 Å². The molecule has 1 aliphatic heterocycles. The Kier molecular flexibility index (Phi) is 10.5. The molecule has 2 aliphatic rings. The van der Waals surface area contributed by atoms with Crippen LogP contribution in [0.4, 0.5) is 0 Å². The molecule has 0 aromatic rings. The number of halogens is 1. The van der Waals surface area contributed by atoms with Crippen molar-refractivity contribution < 1.29 is 9.47 Å². The van der Waals surface area contributed by atoms with Gasteiger partial charge in [-0.05, 0) is 38.0 Å². The molecule has 2 rings (SSSR count). The molecule has 0 radical (unpaired) electrons. The average molecular weight is 439 g/mol. The highest BCUT2D eigenvalue weighted by molar-refractivity contribution is 14.0. The van der Waals surface area contributed by atoms with Gasteiger partial charge < -0.3 is 20.1 Å². The van der Waals surface area contributed by atoms with E-state index in [1.54, 1.807) is 0 Å².